The van der Waals surface area contributed by atoms with E-state index in [0.717, 1.165) is 0 Å². The third-order valence-corrected chi connectivity index (χ3v) is 4.22. The highest BCUT2D eigenvalue weighted by Gasteiger charge is 2.12. The van der Waals surface area contributed by atoms with Crippen molar-refractivity contribution in [3.05, 3.63) is 58.1 Å². The number of anilines is 5. The Labute approximate surface area is 153 Å². The van der Waals surface area contributed by atoms with E-state index in [-0.39, 0.29) is 0 Å². The van der Waals surface area contributed by atoms with Gasteiger partial charge in [-0.15, -0.1) is 0 Å². The Morgan fingerprint density at radius 3 is 2.21 bits per heavy atom. The highest BCUT2D eigenvalue weighted by atomic mass is 35.5. The first-order valence-electron chi connectivity index (χ1n) is 6.75. The summed E-state index contributed by atoms with van der Waals surface area (Å²) in [6.07, 6.45) is 2.95. The molecule has 3 aromatic rings. The molecule has 0 unspecified atom stereocenters. The van der Waals surface area contributed by atoms with Gasteiger partial charge in [0.1, 0.15) is 12.0 Å². The molecule has 0 fully saturated rings. The molecule has 0 atom stereocenters. The molecule has 0 radical (unpaired) electrons. The number of nitrogens with two attached hydrogens (primary N) is 1. The Morgan fingerprint density at radius 1 is 0.833 bits per heavy atom. The first kappa shape index (κ1) is 16.6. The van der Waals surface area contributed by atoms with E-state index in [4.69, 9.17) is 40.5 Å². The third-order valence-electron chi connectivity index (χ3n) is 3.10. The predicted octanol–water partition coefficient (Wildman–Crippen LogP) is 4.90. The molecule has 0 amide bonds. The quantitative estimate of drug-likeness (QED) is 0.557. The first-order chi connectivity index (χ1) is 11.6. The maximum absolute atomic E-state index is 6.17. The third kappa shape index (κ3) is 3.46. The van der Waals surface area contributed by atoms with Gasteiger partial charge < -0.3 is 16.4 Å². The van der Waals surface area contributed by atoms with E-state index in [2.05, 4.69) is 25.6 Å². The van der Waals surface area contributed by atoms with Crippen LogP contribution >= 0.6 is 34.8 Å². The molecule has 0 aliphatic rings. The van der Waals surface area contributed by atoms with Gasteiger partial charge in [-0.05, 0) is 24.3 Å². The Bertz CT molecular complexity index is 887. The molecular weight excluding hydrogens is 371 g/mol. The number of aromatic nitrogens is 3. The fourth-order valence-corrected chi connectivity index (χ4v) is 2.44. The summed E-state index contributed by atoms with van der Waals surface area (Å²) >= 11 is 18.2. The SMILES string of the molecule is Nc1c(Nc2cccnc2Cl)ncnc1Nc1cccc(Cl)c1Cl. The lowest BCUT2D eigenvalue weighted by Gasteiger charge is -2.14. The van der Waals surface area contributed by atoms with Crippen LogP contribution in [0.2, 0.25) is 15.2 Å². The minimum atomic E-state index is 0.300. The normalized spacial score (nSPS) is 10.5. The Morgan fingerprint density at radius 2 is 1.50 bits per heavy atom. The van der Waals surface area contributed by atoms with Crippen LogP contribution in [0.5, 0.6) is 0 Å². The van der Waals surface area contributed by atoms with E-state index in [9.17, 15) is 0 Å². The number of hydrogen-bond donors (Lipinski definition) is 3. The summed E-state index contributed by atoms with van der Waals surface area (Å²) < 4.78 is 0. The van der Waals surface area contributed by atoms with Crippen LogP contribution in [0.1, 0.15) is 0 Å². The van der Waals surface area contributed by atoms with Crippen LogP contribution in [-0.4, -0.2) is 15.0 Å². The second-order valence-corrected chi connectivity index (χ2v) is 5.82. The first-order valence-corrected chi connectivity index (χ1v) is 7.88. The van der Waals surface area contributed by atoms with E-state index in [1.807, 2.05) is 0 Å². The fourth-order valence-electron chi connectivity index (χ4n) is 1.93. The van der Waals surface area contributed by atoms with Gasteiger partial charge in [0.15, 0.2) is 16.8 Å². The Balaban J connectivity index is 1.91. The van der Waals surface area contributed by atoms with E-state index >= 15 is 0 Å². The summed E-state index contributed by atoms with van der Waals surface area (Å²) in [7, 11) is 0. The van der Waals surface area contributed by atoms with E-state index in [0.29, 0.717) is 43.9 Å². The maximum Gasteiger partial charge on any atom is 0.159 e. The van der Waals surface area contributed by atoms with Gasteiger partial charge in [0.25, 0.3) is 0 Å². The molecule has 0 aliphatic carbocycles. The Kier molecular flexibility index (Phi) is 4.89. The number of nitrogens with zero attached hydrogens (tertiary/aromatic N) is 3. The van der Waals surface area contributed by atoms with Crippen molar-refractivity contribution < 1.29 is 0 Å². The molecule has 9 heteroatoms. The monoisotopic (exact) mass is 380 g/mol. The minimum Gasteiger partial charge on any atom is -0.393 e. The smallest absolute Gasteiger partial charge is 0.159 e. The zero-order chi connectivity index (χ0) is 17.1. The van der Waals surface area contributed by atoms with E-state index in [1.54, 1.807) is 36.5 Å². The van der Waals surface area contributed by atoms with Gasteiger partial charge in [-0.3, -0.25) is 0 Å². The van der Waals surface area contributed by atoms with E-state index in [1.165, 1.54) is 6.33 Å². The average Bonchev–Trinajstić information content (AvgIpc) is 2.57. The maximum atomic E-state index is 6.17. The molecule has 122 valence electrons. The number of halogens is 3. The average molecular weight is 382 g/mol. The molecule has 3 rings (SSSR count). The van der Waals surface area contributed by atoms with Crippen molar-refractivity contribution in [1.82, 2.24) is 15.0 Å². The number of nitrogen functional groups attached to an aromatic ring is 1. The summed E-state index contributed by atoms with van der Waals surface area (Å²) in [6, 6.07) is 8.73. The molecule has 0 aliphatic heterocycles. The van der Waals surface area contributed by atoms with Crippen molar-refractivity contribution in [2.75, 3.05) is 16.4 Å². The van der Waals surface area contributed by atoms with Crippen LogP contribution in [0.3, 0.4) is 0 Å². The molecule has 0 spiro atoms. The van der Waals surface area contributed by atoms with Gasteiger partial charge in [-0.25, -0.2) is 15.0 Å². The van der Waals surface area contributed by atoms with Gasteiger partial charge in [0.05, 0.1) is 21.4 Å². The van der Waals surface area contributed by atoms with Crippen LogP contribution in [-0.2, 0) is 0 Å². The van der Waals surface area contributed by atoms with Crippen LogP contribution in [0, 0.1) is 0 Å². The summed E-state index contributed by atoms with van der Waals surface area (Å²) in [4.78, 5) is 12.2. The van der Waals surface area contributed by atoms with Gasteiger partial charge in [-0.1, -0.05) is 40.9 Å². The molecule has 0 saturated heterocycles. The number of hydrogen-bond acceptors (Lipinski definition) is 6. The van der Waals surface area contributed by atoms with Crippen molar-refractivity contribution in [2.24, 2.45) is 0 Å². The fraction of sp³-hybridized carbons (Fsp3) is 0. The van der Waals surface area contributed by atoms with Crippen LogP contribution in [0.15, 0.2) is 42.9 Å². The second kappa shape index (κ2) is 7.09. The molecule has 0 saturated carbocycles. The molecule has 6 nitrogen and oxygen atoms in total. The van der Waals surface area contributed by atoms with Crippen molar-refractivity contribution in [2.45, 2.75) is 0 Å². The Hall–Kier alpha value is -2.28. The van der Waals surface area contributed by atoms with Crippen molar-refractivity contribution in [3.63, 3.8) is 0 Å². The molecule has 4 N–H and O–H groups in total. The molecular formula is C15H11Cl3N6. The standard InChI is InChI=1S/C15H11Cl3N6/c16-8-3-1-4-9(11(8)17)23-14-12(19)15(22-7-21-14)24-10-5-2-6-20-13(10)18/h1-7H,19H2,(H2,21,22,23,24). The minimum absolute atomic E-state index is 0.300. The summed E-state index contributed by atoms with van der Waals surface area (Å²) in [5.74, 6) is 0.775. The summed E-state index contributed by atoms with van der Waals surface area (Å²) in [5, 5.41) is 7.17. The van der Waals surface area contributed by atoms with Crippen LogP contribution in [0.4, 0.5) is 28.7 Å². The lowest BCUT2D eigenvalue weighted by atomic mass is 10.3. The van der Waals surface area contributed by atoms with E-state index < -0.39 is 0 Å². The highest BCUT2D eigenvalue weighted by Crippen LogP contribution is 2.34. The highest BCUT2D eigenvalue weighted by molar-refractivity contribution is 6.43. The summed E-state index contributed by atoms with van der Waals surface area (Å²) in [6.45, 7) is 0. The summed E-state index contributed by atoms with van der Waals surface area (Å²) in [5.41, 5.74) is 7.59. The lowest BCUT2D eigenvalue weighted by molar-refractivity contribution is 1.17. The topological polar surface area (TPSA) is 88.8 Å². The lowest BCUT2D eigenvalue weighted by Crippen LogP contribution is -2.05. The van der Waals surface area contributed by atoms with Crippen molar-refractivity contribution in [1.29, 1.82) is 0 Å². The zero-order valence-corrected chi connectivity index (χ0v) is 14.4. The number of pyridine rings is 1. The second-order valence-electron chi connectivity index (χ2n) is 4.68. The largest absolute Gasteiger partial charge is 0.393 e. The zero-order valence-electron chi connectivity index (χ0n) is 12.1. The van der Waals surface area contributed by atoms with Crippen LogP contribution < -0.4 is 16.4 Å². The van der Waals surface area contributed by atoms with Gasteiger partial charge in [0, 0.05) is 6.20 Å². The van der Waals surface area contributed by atoms with Crippen molar-refractivity contribution >= 4 is 63.5 Å². The molecule has 1 aromatic carbocycles. The number of rotatable bonds is 4. The molecule has 0 bridgehead atoms. The van der Waals surface area contributed by atoms with Gasteiger partial charge in [-0.2, -0.15) is 0 Å². The van der Waals surface area contributed by atoms with Gasteiger partial charge >= 0.3 is 0 Å². The van der Waals surface area contributed by atoms with Crippen LogP contribution in [0.25, 0.3) is 0 Å². The number of benzene rings is 1. The molecule has 2 heterocycles. The molecule has 2 aromatic heterocycles. The molecule has 24 heavy (non-hydrogen) atoms. The van der Waals surface area contributed by atoms with Crippen molar-refractivity contribution in [3.8, 4) is 0 Å². The van der Waals surface area contributed by atoms with Gasteiger partial charge in [0.2, 0.25) is 0 Å². The predicted molar refractivity (Wildman–Crippen MR) is 98.7 cm³/mol. The number of nitrogens with one attached hydrogen (secondary N) is 2.